The molecule has 2 aliphatic heterocycles. The van der Waals surface area contributed by atoms with Gasteiger partial charge >= 0.3 is 0 Å². The lowest BCUT2D eigenvalue weighted by molar-refractivity contribution is 0.251. The van der Waals surface area contributed by atoms with Crippen molar-refractivity contribution in [1.29, 1.82) is 0 Å². The maximum absolute atomic E-state index is 12.7. The molecule has 0 radical (unpaired) electrons. The van der Waals surface area contributed by atoms with Crippen molar-refractivity contribution in [3.63, 3.8) is 0 Å². The molecule has 1 aromatic rings. The van der Waals surface area contributed by atoms with Crippen molar-refractivity contribution in [2.75, 3.05) is 26.2 Å². The average Bonchev–Trinajstić information content (AvgIpc) is 3.18. The summed E-state index contributed by atoms with van der Waals surface area (Å²) in [5.74, 6) is 0.468. The highest BCUT2D eigenvalue weighted by Crippen LogP contribution is 2.31. The molecule has 1 atom stereocenters. The van der Waals surface area contributed by atoms with Gasteiger partial charge in [-0.25, -0.2) is 8.42 Å². The van der Waals surface area contributed by atoms with Crippen LogP contribution in [0.4, 0.5) is 0 Å². The maximum atomic E-state index is 12.7. The summed E-state index contributed by atoms with van der Waals surface area (Å²) in [5, 5.41) is 0. The molecular weight excluding hydrogens is 358 g/mol. The van der Waals surface area contributed by atoms with Crippen LogP contribution in [0.15, 0.2) is 20.0 Å². The third kappa shape index (κ3) is 2.92. The minimum Gasteiger partial charge on any atom is -0.452 e. The predicted molar refractivity (Wildman–Crippen MR) is 82.3 cm³/mol. The van der Waals surface area contributed by atoms with Gasteiger partial charge in [0.05, 0.1) is 6.54 Å². The zero-order valence-corrected chi connectivity index (χ0v) is 14.2. The van der Waals surface area contributed by atoms with Gasteiger partial charge in [-0.3, -0.25) is 4.90 Å². The van der Waals surface area contributed by atoms with Crippen molar-refractivity contribution in [1.82, 2.24) is 9.21 Å². The second-order valence-electron chi connectivity index (χ2n) is 5.60. The molecular formula is C13H20BrN3O3S. The van der Waals surface area contributed by atoms with E-state index in [2.05, 4.69) is 20.8 Å². The van der Waals surface area contributed by atoms with Crippen LogP contribution in [-0.2, 0) is 16.6 Å². The molecule has 2 N–H and O–H groups in total. The van der Waals surface area contributed by atoms with Crippen molar-refractivity contribution in [2.45, 2.75) is 36.7 Å². The zero-order chi connectivity index (χ0) is 15.0. The molecule has 2 aliphatic rings. The van der Waals surface area contributed by atoms with Crippen LogP contribution in [0.5, 0.6) is 0 Å². The van der Waals surface area contributed by atoms with Gasteiger partial charge in [0.15, 0.2) is 4.67 Å². The molecule has 0 aliphatic carbocycles. The average molecular weight is 378 g/mol. The quantitative estimate of drug-likeness (QED) is 0.856. The minimum absolute atomic E-state index is 0.185. The Balaban J connectivity index is 1.77. The van der Waals surface area contributed by atoms with Gasteiger partial charge in [-0.1, -0.05) is 0 Å². The molecule has 21 heavy (non-hydrogen) atoms. The van der Waals surface area contributed by atoms with Crippen LogP contribution < -0.4 is 5.73 Å². The number of hydrogen-bond donors (Lipinski definition) is 1. The molecule has 0 spiro atoms. The summed E-state index contributed by atoms with van der Waals surface area (Å²) in [6, 6.07) is 1.87. The smallest absolute Gasteiger partial charge is 0.247 e. The van der Waals surface area contributed by atoms with Gasteiger partial charge in [-0.05, 0) is 48.3 Å². The van der Waals surface area contributed by atoms with Gasteiger partial charge in [0.2, 0.25) is 10.0 Å². The van der Waals surface area contributed by atoms with Crippen LogP contribution in [0.1, 0.15) is 25.0 Å². The number of rotatable bonds is 4. The largest absolute Gasteiger partial charge is 0.452 e. The lowest BCUT2D eigenvalue weighted by Gasteiger charge is -2.23. The normalized spacial score (nSPS) is 25.0. The predicted octanol–water partition coefficient (Wildman–Crippen LogP) is 1.36. The van der Waals surface area contributed by atoms with Gasteiger partial charge in [-0.15, -0.1) is 0 Å². The van der Waals surface area contributed by atoms with Crippen molar-refractivity contribution in [3.05, 3.63) is 16.5 Å². The van der Waals surface area contributed by atoms with Gasteiger partial charge < -0.3 is 10.2 Å². The van der Waals surface area contributed by atoms with Gasteiger partial charge in [0.25, 0.3) is 0 Å². The minimum atomic E-state index is -3.51. The number of nitrogens with zero attached hydrogens (tertiary/aromatic N) is 2. The Hall–Kier alpha value is -0.410. The number of halogens is 1. The lowest BCUT2D eigenvalue weighted by Crippen LogP contribution is -2.37. The second-order valence-corrected chi connectivity index (χ2v) is 8.23. The fourth-order valence-electron chi connectivity index (χ4n) is 3.15. The molecule has 8 heteroatoms. The number of furan rings is 1. The SMILES string of the molecule is NCc1cc(S(=O)(=O)N2CCC(N3CCCC3)C2)c(Br)o1. The van der Waals surface area contributed by atoms with E-state index in [4.69, 9.17) is 10.2 Å². The van der Waals surface area contributed by atoms with Gasteiger partial charge in [-0.2, -0.15) is 4.31 Å². The fraction of sp³-hybridized carbons (Fsp3) is 0.692. The lowest BCUT2D eigenvalue weighted by atomic mass is 10.2. The molecule has 6 nitrogen and oxygen atoms in total. The van der Waals surface area contributed by atoms with Crippen molar-refractivity contribution in [3.8, 4) is 0 Å². The first-order chi connectivity index (χ1) is 10.0. The summed E-state index contributed by atoms with van der Waals surface area (Å²) in [7, 11) is -3.51. The summed E-state index contributed by atoms with van der Waals surface area (Å²) in [5.41, 5.74) is 5.50. The molecule has 2 fully saturated rings. The van der Waals surface area contributed by atoms with E-state index in [0.29, 0.717) is 24.9 Å². The van der Waals surface area contributed by atoms with Crippen LogP contribution in [0.2, 0.25) is 0 Å². The molecule has 3 rings (SSSR count). The molecule has 0 bridgehead atoms. The molecule has 118 valence electrons. The Morgan fingerprint density at radius 3 is 2.67 bits per heavy atom. The zero-order valence-electron chi connectivity index (χ0n) is 11.8. The Bertz CT molecular complexity index is 610. The monoisotopic (exact) mass is 377 g/mol. The van der Waals surface area contributed by atoms with Gasteiger partial charge in [0, 0.05) is 25.2 Å². The van der Waals surface area contributed by atoms with Crippen molar-refractivity contribution in [2.24, 2.45) is 5.73 Å². The maximum Gasteiger partial charge on any atom is 0.247 e. The van der Waals surface area contributed by atoms with E-state index >= 15 is 0 Å². The Morgan fingerprint density at radius 2 is 2.05 bits per heavy atom. The fourth-order valence-corrected chi connectivity index (χ4v) is 5.60. The van der Waals surface area contributed by atoms with E-state index in [9.17, 15) is 8.42 Å². The van der Waals surface area contributed by atoms with Crippen molar-refractivity contribution < 1.29 is 12.8 Å². The Morgan fingerprint density at radius 1 is 1.33 bits per heavy atom. The third-order valence-electron chi connectivity index (χ3n) is 4.31. The molecule has 0 aromatic carbocycles. The van der Waals surface area contributed by atoms with Gasteiger partial charge in [0.1, 0.15) is 10.7 Å². The summed E-state index contributed by atoms with van der Waals surface area (Å²) >= 11 is 3.18. The van der Waals surface area contributed by atoms with E-state index in [0.717, 1.165) is 19.5 Å². The van der Waals surface area contributed by atoms with E-state index in [-0.39, 0.29) is 16.1 Å². The Kier molecular flexibility index (Phi) is 4.42. The molecule has 1 unspecified atom stereocenters. The third-order valence-corrected chi connectivity index (χ3v) is 7.03. The molecule has 2 saturated heterocycles. The number of hydrogen-bond acceptors (Lipinski definition) is 5. The number of sulfonamides is 1. The van der Waals surface area contributed by atoms with Crippen LogP contribution >= 0.6 is 15.9 Å². The second kappa shape index (κ2) is 6.00. The van der Waals surface area contributed by atoms with E-state index < -0.39 is 10.0 Å². The highest BCUT2D eigenvalue weighted by atomic mass is 79.9. The van der Waals surface area contributed by atoms with Crippen LogP contribution in [0, 0.1) is 0 Å². The number of likely N-dealkylation sites (tertiary alicyclic amines) is 1. The highest BCUT2D eigenvalue weighted by molar-refractivity contribution is 9.10. The molecule has 0 amide bonds. The molecule has 3 heterocycles. The topological polar surface area (TPSA) is 79.8 Å². The number of nitrogens with two attached hydrogens (primary N) is 1. The van der Waals surface area contributed by atoms with E-state index in [1.807, 2.05) is 0 Å². The van der Waals surface area contributed by atoms with Crippen LogP contribution in [0.25, 0.3) is 0 Å². The first-order valence-electron chi connectivity index (χ1n) is 7.25. The van der Waals surface area contributed by atoms with Crippen LogP contribution in [0.3, 0.4) is 0 Å². The van der Waals surface area contributed by atoms with E-state index in [1.54, 1.807) is 4.31 Å². The first kappa shape index (κ1) is 15.5. The highest BCUT2D eigenvalue weighted by Gasteiger charge is 2.37. The first-order valence-corrected chi connectivity index (χ1v) is 9.48. The summed E-state index contributed by atoms with van der Waals surface area (Å²) in [4.78, 5) is 2.59. The summed E-state index contributed by atoms with van der Waals surface area (Å²) in [6.07, 6.45) is 3.34. The van der Waals surface area contributed by atoms with E-state index in [1.165, 1.54) is 18.9 Å². The van der Waals surface area contributed by atoms with Crippen LogP contribution in [-0.4, -0.2) is 49.8 Å². The summed E-state index contributed by atoms with van der Waals surface area (Å²) < 4.78 is 32.6. The Labute approximate surface area is 133 Å². The molecule has 0 saturated carbocycles. The standard InChI is InChI=1S/C13H20BrN3O3S/c14-13-12(7-11(8-15)20-13)21(18,19)17-6-3-10(9-17)16-4-1-2-5-16/h7,10H,1-6,8-9,15H2. The van der Waals surface area contributed by atoms with Crippen molar-refractivity contribution >= 4 is 26.0 Å². The molecule has 1 aromatic heterocycles. The summed E-state index contributed by atoms with van der Waals surface area (Å²) in [6.45, 7) is 3.50.